The zero-order valence-electron chi connectivity index (χ0n) is 20.4. The number of anilines is 1. The van der Waals surface area contributed by atoms with Crippen molar-refractivity contribution in [1.82, 2.24) is 4.72 Å². The first-order valence-corrected chi connectivity index (χ1v) is 13.2. The van der Waals surface area contributed by atoms with E-state index in [1.165, 1.54) is 19.1 Å². The van der Waals surface area contributed by atoms with E-state index >= 15 is 0 Å². The van der Waals surface area contributed by atoms with Gasteiger partial charge in [0.05, 0.1) is 11.0 Å². The van der Waals surface area contributed by atoms with Crippen LogP contribution in [0, 0.1) is 0 Å². The molecule has 9 nitrogen and oxygen atoms in total. The van der Waals surface area contributed by atoms with E-state index in [1.807, 2.05) is 42.5 Å². The van der Waals surface area contributed by atoms with Crippen LogP contribution in [0.2, 0.25) is 0 Å². The van der Waals surface area contributed by atoms with Crippen LogP contribution in [-0.4, -0.2) is 44.2 Å². The predicted octanol–water partition coefficient (Wildman–Crippen LogP) is 3.84. The lowest BCUT2D eigenvalue weighted by Crippen LogP contribution is -2.48. The largest absolute Gasteiger partial charge is 0.457 e. The van der Waals surface area contributed by atoms with Gasteiger partial charge in [0.15, 0.2) is 6.61 Å². The zero-order valence-corrected chi connectivity index (χ0v) is 21.2. The average molecular weight is 535 g/mol. The Kier molecular flexibility index (Phi) is 8.37. The van der Waals surface area contributed by atoms with Gasteiger partial charge in [-0.15, -0.1) is 0 Å². The highest BCUT2D eigenvalue weighted by molar-refractivity contribution is 7.89. The van der Waals surface area contributed by atoms with Crippen molar-refractivity contribution in [3.05, 3.63) is 97.1 Å². The third-order valence-electron chi connectivity index (χ3n) is 5.51. The normalized spacial score (nSPS) is 12.9. The molecule has 1 amide bonds. The van der Waals surface area contributed by atoms with Crippen molar-refractivity contribution in [1.29, 1.82) is 0 Å². The number of rotatable bonds is 10. The number of fused-ring (bicyclic) bond motifs is 1. The van der Waals surface area contributed by atoms with Gasteiger partial charge in [-0.1, -0.05) is 48.5 Å². The molecule has 0 bridgehead atoms. The van der Waals surface area contributed by atoms with E-state index in [0.717, 1.165) is 5.39 Å². The van der Waals surface area contributed by atoms with E-state index in [2.05, 4.69) is 10.0 Å². The number of nitrogens with one attached hydrogen (secondary N) is 2. The molecule has 0 heterocycles. The van der Waals surface area contributed by atoms with Crippen LogP contribution in [0.3, 0.4) is 0 Å². The summed E-state index contributed by atoms with van der Waals surface area (Å²) in [5.74, 6) is -0.498. The highest BCUT2D eigenvalue weighted by Crippen LogP contribution is 2.23. The summed E-state index contributed by atoms with van der Waals surface area (Å²) in [5.41, 5.74) is 0.440. The first kappa shape index (κ1) is 26.8. The summed E-state index contributed by atoms with van der Waals surface area (Å²) < 4.78 is 38.7. The van der Waals surface area contributed by atoms with Gasteiger partial charge in [0, 0.05) is 5.69 Å². The van der Waals surface area contributed by atoms with Crippen LogP contribution in [0.15, 0.2) is 102 Å². The molecule has 196 valence electrons. The highest BCUT2D eigenvalue weighted by atomic mass is 32.2. The lowest BCUT2D eigenvalue weighted by Gasteiger charge is -2.20. The lowest BCUT2D eigenvalue weighted by atomic mass is 10.1. The molecule has 0 radical (unpaired) electrons. The first-order valence-electron chi connectivity index (χ1n) is 11.7. The number of sulfonamides is 1. The molecule has 4 rings (SSSR count). The molecule has 3 N–H and O–H groups in total. The van der Waals surface area contributed by atoms with Crippen molar-refractivity contribution in [3.8, 4) is 11.5 Å². The Labute approximate surface area is 220 Å². The van der Waals surface area contributed by atoms with E-state index in [9.17, 15) is 23.1 Å². The molecule has 0 saturated heterocycles. The van der Waals surface area contributed by atoms with E-state index in [-0.39, 0.29) is 4.90 Å². The number of carbonyl (C=O) groups is 2. The van der Waals surface area contributed by atoms with Crippen LogP contribution < -0.4 is 14.8 Å². The fraction of sp³-hybridized carbons (Fsp3) is 0.143. The second-order valence-electron chi connectivity index (χ2n) is 8.44. The summed E-state index contributed by atoms with van der Waals surface area (Å²) in [7, 11) is -4.18. The SMILES string of the molecule is CC(O)C(NS(=O)(=O)c1ccc2ccccc2c1)C(=O)OCC(=O)Nc1ccc(Oc2ccccc2)cc1. The van der Waals surface area contributed by atoms with Gasteiger partial charge in [0.25, 0.3) is 5.91 Å². The van der Waals surface area contributed by atoms with Gasteiger partial charge in [-0.3, -0.25) is 9.59 Å². The van der Waals surface area contributed by atoms with Gasteiger partial charge in [0.2, 0.25) is 10.0 Å². The second-order valence-corrected chi connectivity index (χ2v) is 10.2. The summed E-state index contributed by atoms with van der Waals surface area (Å²) in [5, 5.41) is 14.2. The van der Waals surface area contributed by atoms with Gasteiger partial charge in [-0.25, -0.2) is 8.42 Å². The van der Waals surface area contributed by atoms with Crippen molar-refractivity contribution in [2.45, 2.75) is 24.0 Å². The molecule has 0 aliphatic rings. The molecule has 0 saturated carbocycles. The molecule has 10 heteroatoms. The topological polar surface area (TPSA) is 131 Å². The van der Waals surface area contributed by atoms with E-state index in [1.54, 1.807) is 42.5 Å². The third kappa shape index (κ3) is 6.94. The number of aliphatic hydroxyl groups excluding tert-OH is 1. The summed E-state index contributed by atoms with van der Waals surface area (Å²) >= 11 is 0. The average Bonchev–Trinajstić information content (AvgIpc) is 2.91. The molecular weight excluding hydrogens is 508 g/mol. The Bertz CT molecular complexity index is 1520. The Hall–Kier alpha value is -4.25. The quantitative estimate of drug-likeness (QED) is 0.264. The van der Waals surface area contributed by atoms with Crippen molar-refractivity contribution >= 4 is 38.4 Å². The smallest absolute Gasteiger partial charge is 0.327 e. The molecule has 0 aliphatic heterocycles. The second kappa shape index (κ2) is 11.9. The standard InChI is InChI=1S/C28H26N2O7S/c1-19(31)27(30-38(34,35)25-16-11-20-7-5-6-8-21(20)17-25)28(33)36-18-26(32)29-22-12-14-24(15-13-22)37-23-9-3-2-4-10-23/h2-17,19,27,30-31H,18H2,1H3,(H,29,32). The molecule has 2 unspecified atom stereocenters. The van der Waals surface area contributed by atoms with Crippen LogP contribution in [0.5, 0.6) is 11.5 Å². The summed E-state index contributed by atoms with van der Waals surface area (Å²) in [6.45, 7) is 0.565. The summed E-state index contributed by atoms with van der Waals surface area (Å²) in [6, 6.07) is 25.9. The Balaban J connectivity index is 1.33. The maximum atomic E-state index is 12.9. The van der Waals surface area contributed by atoms with Gasteiger partial charge >= 0.3 is 5.97 Å². The molecular formula is C28H26N2O7S. The zero-order chi connectivity index (χ0) is 27.1. The van der Waals surface area contributed by atoms with Gasteiger partial charge in [-0.2, -0.15) is 4.72 Å². The van der Waals surface area contributed by atoms with E-state index < -0.39 is 40.7 Å². The van der Waals surface area contributed by atoms with Crippen molar-refractivity contribution in [2.24, 2.45) is 0 Å². The van der Waals surface area contributed by atoms with Crippen LogP contribution in [-0.2, 0) is 24.3 Å². The van der Waals surface area contributed by atoms with E-state index in [4.69, 9.17) is 9.47 Å². The number of aliphatic hydroxyl groups is 1. The number of para-hydroxylation sites is 1. The van der Waals surface area contributed by atoms with Crippen molar-refractivity contribution in [3.63, 3.8) is 0 Å². The number of esters is 1. The molecule has 0 aliphatic carbocycles. The number of hydrogen-bond donors (Lipinski definition) is 3. The molecule has 2 atom stereocenters. The first-order chi connectivity index (χ1) is 18.2. The van der Waals surface area contributed by atoms with Crippen molar-refractivity contribution in [2.75, 3.05) is 11.9 Å². The maximum Gasteiger partial charge on any atom is 0.327 e. The monoisotopic (exact) mass is 534 g/mol. The number of benzene rings is 4. The number of hydrogen-bond acceptors (Lipinski definition) is 7. The third-order valence-corrected chi connectivity index (χ3v) is 6.95. The molecule has 0 fully saturated rings. The van der Waals surface area contributed by atoms with Crippen LogP contribution in [0.25, 0.3) is 10.8 Å². The van der Waals surface area contributed by atoms with Crippen molar-refractivity contribution < 1.29 is 32.6 Å². The Morgan fingerprint density at radius 1 is 0.842 bits per heavy atom. The van der Waals surface area contributed by atoms with E-state index in [0.29, 0.717) is 22.6 Å². The minimum absolute atomic E-state index is 0.0768. The predicted molar refractivity (Wildman–Crippen MR) is 142 cm³/mol. The van der Waals surface area contributed by atoms with Gasteiger partial charge in [-0.05, 0) is 66.2 Å². The fourth-order valence-corrected chi connectivity index (χ4v) is 4.86. The highest BCUT2D eigenvalue weighted by Gasteiger charge is 2.31. The summed E-state index contributed by atoms with van der Waals surface area (Å²) in [6.07, 6.45) is -1.42. The Morgan fingerprint density at radius 3 is 2.16 bits per heavy atom. The van der Waals surface area contributed by atoms with Gasteiger partial charge in [0.1, 0.15) is 17.5 Å². The Morgan fingerprint density at radius 2 is 1.47 bits per heavy atom. The molecule has 0 spiro atoms. The minimum Gasteiger partial charge on any atom is -0.457 e. The van der Waals surface area contributed by atoms with Crippen LogP contribution in [0.4, 0.5) is 5.69 Å². The van der Waals surface area contributed by atoms with Crippen LogP contribution >= 0.6 is 0 Å². The molecule has 4 aromatic rings. The number of amides is 1. The molecule has 4 aromatic carbocycles. The molecule has 38 heavy (non-hydrogen) atoms. The number of ether oxygens (including phenoxy) is 2. The van der Waals surface area contributed by atoms with Crippen LogP contribution in [0.1, 0.15) is 6.92 Å². The maximum absolute atomic E-state index is 12.9. The lowest BCUT2D eigenvalue weighted by molar-refractivity contribution is -0.151. The molecule has 0 aromatic heterocycles. The number of carbonyl (C=O) groups excluding carboxylic acids is 2. The van der Waals surface area contributed by atoms with Gasteiger partial charge < -0.3 is 19.9 Å². The minimum atomic E-state index is -4.18. The summed E-state index contributed by atoms with van der Waals surface area (Å²) in [4.78, 5) is 24.8. The fourth-order valence-electron chi connectivity index (χ4n) is 3.57.